The van der Waals surface area contributed by atoms with Gasteiger partial charge in [0.1, 0.15) is 18.2 Å². The molecule has 3 aromatic heterocycles. The Labute approximate surface area is 202 Å². The summed E-state index contributed by atoms with van der Waals surface area (Å²) in [6.07, 6.45) is 8.89. The van der Waals surface area contributed by atoms with Crippen LogP contribution >= 0.6 is 11.6 Å². The van der Waals surface area contributed by atoms with E-state index in [2.05, 4.69) is 39.6 Å². The summed E-state index contributed by atoms with van der Waals surface area (Å²) in [7, 11) is 0. The zero-order valence-corrected chi connectivity index (χ0v) is 19.2. The molecule has 3 heterocycles. The average Bonchev–Trinajstić information content (AvgIpc) is 2.87. The maximum Gasteiger partial charge on any atom is 0.258 e. The number of allylic oxidation sites excluding steroid dienone is 1. The number of pyridine rings is 3. The quantitative estimate of drug-likeness (QED) is 0.390. The summed E-state index contributed by atoms with van der Waals surface area (Å²) in [5.41, 5.74) is 5.23. The number of nitrogens with zero attached hydrogens (tertiary/aromatic N) is 3. The van der Waals surface area contributed by atoms with E-state index in [9.17, 15) is 4.79 Å². The lowest BCUT2D eigenvalue weighted by Gasteiger charge is -2.19. The van der Waals surface area contributed by atoms with E-state index in [1.54, 1.807) is 41.4 Å². The van der Waals surface area contributed by atoms with Crippen LogP contribution in [-0.4, -0.2) is 14.5 Å². The molecule has 5 rings (SSSR count). The number of anilines is 1. The highest BCUT2D eigenvalue weighted by Gasteiger charge is 2.14. The van der Waals surface area contributed by atoms with Gasteiger partial charge in [0, 0.05) is 36.9 Å². The van der Waals surface area contributed by atoms with Crippen molar-refractivity contribution < 1.29 is 4.74 Å². The normalized spacial score (nSPS) is 12.6. The number of nitrogens with one attached hydrogen (secondary N) is 1. The van der Waals surface area contributed by atoms with E-state index in [0.29, 0.717) is 17.3 Å². The molecule has 0 radical (unpaired) electrons. The molecular formula is C27H23ClN4O2. The average molecular weight is 471 g/mol. The van der Waals surface area contributed by atoms with Gasteiger partial charge in [0.15, 0.2) is 0 Å². The lowest BCUT2D eigenvalue weighted by Crippen LogP contribution is -2.19. The molecule has 170 valence electrons. The monoisotopic (exact) mass is 470 g/mol. The van der Waals surface area contributed by atoms with Gasteiger partial charge in [0.2, 0.25) is 0 Å². The number of hydrogen-bond donors (Lipinski definition) is 1. The van der Waals surface area contributed by atoms with Crippen LogP contribution in [0.25, 0.3) is 11.8 Å². The van der Waals surface area contributed by atoms with Crippen molar-refractivity contribution in [3.63, 3.8) is 0 Å². The molecule has 34 heavy (non-hydrogen) atoms. The van der Waals surface area contributed by atoms with Crippen LogP contribution < -0.4 is 15.6 Å². The van der Waals surface area contributed by atoms with E-state index in [-0.39, 0.29) is 12.2 Å². The van der Waals surface area contributed by atoms with Gasteiger partial charge in [0.05, 0.1) is 10.7 Å². The zero-order valence-electron chi connectivity index (χ0n) is 18.4. The summed E-state index contributed by atoms with van der Waals surface area (Å²) in [4.78, 5) is 21.3. The number of aryl methyl sites for hydroxylation is 1. The minimum absolute atomic E-state index is 0.118. The number of rotatable bonds is 7. The van der Waals surface area contributed by atoms with Gasteiger partial charge in [-0.2, -0.15) is 0 Å². The molecule has 0 amide bonds. The predicted octanol–water partition coefficient (Wildman–Crippen LogP) is 5.43. The van der Waals surface area contributed by atoms with Crippen LogP contribution in [0.4, 0.5) is 5.82 Å². The molecule has 7 heteroatoms. The van der Waals surface area contributed by atoms with Gasteiger partial charge in [-0.25, -0.2) is 4.98 Å². The fourth-order valence-electron chi connectivity index (χ4n) is 3.93. The smallest absolute Gasteiger partial charge is 0.258 e. The van der Waals surface area contributed by atoms with Crippen molar-refractivity contribution >= 4 is 29.2 Å². The standard InChI is InChI=1S/C27H23ClN4O2/c28-22-7-8-23(30-17-22)18-34-25-10-12-32(27(33)15-25)24-9-6-20-13-19(4-5-21(20)14-24)16-31-26-3-1-2-11-29-26/h1-5,7-8,10-15,17H,6,9,16,18H2,(H,29,31). The molecule has 0 spiro atoms. The first-order valence-electron chi connectivity index (χ1n) is 11.1. The second-order valence-corrected chi connectivity index (χ2v) is 8.50. The topological polar surface area (TPSA) is 69.0 Å². The fraction of sp³-hybridized carbons (Fsp3) is 0.148. The number of ether oxygens (including phenoxy) is 1. The van der Waals surface area contributed by atoms with Crippen LogP contribution in [0, 0.1) is 0 Å². The lowest BCUT2D eigenvalue weighted by atomic mass is 9.93. The summed E-state index contributed by atoms with van der Waals surface area (Å²) in [6.45, 7) is 0.988. The second kappa shape index (κ2) is 9.93. The summed E-state index contributed by atoms with van der Waals surface area (Å²) >= 11 is 5.86. The third kappa shape index (κ3) is 5.18. The molecule has 0 fully saturated rings. The third-order valence-electron chi connectivity index (χ3n) is 5.69. The Hall–Kier alpha value is -3.90. The molecule has 0 saturated carbocycles. The molecule has 0 unspecified atom stereocenters. The van der Waals surface area contributed by atoms with Crippen LogP contribution in [0.2, 0.25) is 5.02 Å². The molecule has 6 nitrogen and oxygen atoms in total. The molecule has 1 aromatic carbocycles. The molecule has 0 bridgehead atoms. The molecule has 0 atom stereocenters. The molecule has 1 aliphatic rings. The largest absolute Gasteiger partial charge is 0.487 e. The Morgan fingerprint density at radius 1 is 1.03 bits per heavy atom. The molecule has 1 aliphatic carbocycles. The van der Waals surface area contributed by atoms with E-state index >= 15 is 0 Å². The molecule has 0 saturated heterocycles. The van der Waals surface area contributed by atoms with E-state index in [1.165, 1.54) is 17.2 Å². The maximum atomic E-state index is 12.8. The van der Waals surface area contributed by atoms with Crippen LogP contribution in [-0.2, 0) is 19.6 Å². The highest BCUT2D eigenvalue weighted by atomic mass is 35.5. The number of hydrogen-bond acceptors (Lipinski definition) is 5. The van der Waals surface area contributed by atoms with Crippen LogP contribution in [0.5, 0.6) is 5.75 Å². The summed E-state index contributed by atoms with van der Waals surface area (Å²) in [5, 5.41) is 3.92. The van der Waals surface area contributed by atoms with Crippen molar-refractivity contribution in [1.82, 2.24) is 14.5 Å². The minimum atomic E-state index is -0.118. The van der Waals surface area contributed by atoms with Crippen molar-refractivity contribution in [3.8, 4) is 5.75 Å². The van der Waals surface area contributed by atoms with Gasteiger partial charge in [-0.3, -0.25) is 14.3 Å². The van der Waals surface area contributed by atoms with Crippen molar-refractivity contribution in [2.24, 2.45) is 0 Å². The molecule has 0 aliphatic heterocycles. The summed E-state index contributed by atoms with van der Waals surface area (Å²) in [5.74, 6) is 1.37. The highest BCUT2D eigenvalue weighted by Crippen LogP contribution is 2.27. The Morgan fingerprint density at radius 3 is 2.76 bits per heavy atom. The van der Waals surface area contributed by atoms with Gasteiger partial charge in [-0.15, -0.1) is 0 Å². The van der Waals surface area contributed by atoms with Crippen LogP contribution in [0.1, 0.15) is 28.8 Å². The molecule has 1 N–H and O–H groups in total. The van der Waals surface area contributed by atoms with Crippen molar-refractivity contribution in [2.75, 3.05) is 5.32 Å². The molecule has 4 aromatic rings. The van der Waals surface area contributed by atoms with Crippen LogP contribution in [0.15, 0.2) is 84.0 Å². The predicted molar refractivity (Wildman–Crippen MR) is 135 cm³/mol. The summed E-state index contributed by atoms with van der Waals surface area (Å²) in [6, 6.07) is 19.2. The fourth-order valence-corrected chi connectivity index (χ4v) is 4.04. The van der Waals surface area contributed by atoms with E-state index < -0.39 is 0 Å². The zero-order chi connectivity index (χ0) is 23.3. The first-order valence-corrected chi connectivity index (χ1v) is 11.5. The minimum Gasteiger partial charge on any atom is -0.487 e. The third-order valence-corrected chi connectivity index (χ3v) is 5.92. The number of benzene rings is 1. The Balaban J connectivity index is 1.27. The van der Waals surface area contributed by atoms with Gasteiger partial charge in [0.25, 0.3) is 5.56 Å². The number of fused-ring (bicyclic) bond motifs is 1. The van der Waals surface area contributed by atoms with E-state index in [4.69, 9.17) is 16.3 Å². The number of aromatic nitrogens is 3. The van der Waals surface area contributed by atoms with Gasteiger partial charge in [-0.05, 0) is 65.9 Å². The first kappa shape index (κ1) is 21.9. The highest BCUT2D eigenvalue weighted by molar-refractivity contribution is 6.30. The Kier molecular flexibility index (Phi) is 6.40. The number of halogens is 1. The summed E-state index contributed by atoms with van der Waals surface area (Å²) < 4.78 is 7.42. The van der Waals surface area contributed by atoms with Crippen molar-refractivity contribution in [2.45, 2.75) is 26.0 Å². The van der Waals surface area contributed by atoms with E-state index in [1.807, 2.05) is 18.2 Å². The van der Waals surface area contributed by atoms with Crippen LogP contribution in [0.3, 0.4) is 0 Å². The van der Waals surface area contributed by atoms with Gasteiger partial charge in [-0.1, -0.05) is 35.9 Å². The van der Waals surface area contributed by atoms with Gasteiger partial charge >= 0.3 is 0 Å². The second-order valence-electron chi connectivity index (χ2n) is 8.06. The lowest BCUT2D eigenvalue weighted by molar-refractivity contribution is 0.300. The van der Waals surface area contributed by atoms with Crippen molar-refractivity contribution in [1.29, 1.82) is 0 Å². The Bertz CT molecular complexity index is 1380. The Morgan fingerprint density at radius 2 is 1.97 bits per heavy atom. The molecular weight excluding hydrogens is 448 g/mol. The maximum absolute atomic E-state index is 12.8. The van der Waals surface area contributed by atoms with E-state index in [0.717, 1.165) is 35.6 Å². The van der Waals surface area contributed by atoms with Crippen molar-refractivity contribution in [3.05, 3.63) is 117 Å². The SMILES string of the molecule is O=c1cc(OCc2ccc(Cl)cn2)ccn1C1=Cc2ccc(CNc3ccccn3)cc2CC1. The first-order chi connectivity index (χ1) is 16.6. The van der Waals surface area contributed by atoms with Gasteiger partial charge < -0.3 is 10.1 Å².